The quantitative estimate of drug-likeness (QED) is 0.779. The van der Waals surface area contributed by atoms with Crippen LogP contribution in [0.25, 0.3) is 0 Å². The van der Waals surface area contributed by atoms with Gasteiger partial charge in [0.2, 0.25) is 0 Å². The summed E-state index contributed by atoms with van der Waals surface area (Å²) in [7, 11) is 1.26. The van der Waals surface area contributed by atoms with E-state index in [9.17, 15) is 9.59 Å². The van der Waals surface area contributed by atoms with Gasteiger partial charge in [0.05, 0.1) is 19.3 Å². The van der Waals surface area contributed by atoms with Crippen molar-refractivity contribution in [3.63, 3.8) is 0 Å². The molecule has 0 aromatic heterocycles. The van der Waals surface area contributed by atoms with Crippen LogP contribution in [0.5, 0.6) is 0 Å². The molecule has 0 spiro atoms. The number of halogens is 1. The number of benzene rings is 1. The number of carbonyl (C=O) groups is 2. The Morgan fingerprint density at radius 2 is 2.00 bits per heavy atom. The first kappa shape index (κ1) is 18.4. The van der Waals surface area contributed by atoms with Gasteiger partial charge in [-0.15, -0.1) is 0 Å². The molecule has 0 heterocycles. The lowest BCUT2D eigenvalue weighted by Crippen LogP contribution is -2.47. The molecule has 2 N–H and O–H groups in total. The Kier molecular flexibility index (Phi) is 6.83. The molecular weight excluding hydrogens is 352 g/mol. The van der Waals surface area contributed by atoms with Crippen molar-refractivity contribution in [3.8, 4) is 0 Å². The van der Waals surface area contributed by atoms with Gasteiger partial charge in [-0.25, -0.2) is 9.59 Å². The number of urea groups is 1. The van der Waals surface area contributed by atoms with Gasteiger partial charge < -0.3 is 20.1 Å². The van der Waals surface area contributed by atoms with Crippen molar-refractivity contribution in [1.29, 1.82) is 0 Å². The predicted molar refractivity (Wildman–Crippen MR) is 87.8 cm³/mol. The van der Waals surface area contributed by atoms with Crippen LogP contribution in [0.15, 0.2) is 28.7 Å². The highest BCUT2D eigenvalue weighted by atomic mass is 79.9. The highest BCUT2D eigenvalue weighted by Gasteiger charge is 2.24. The molecule has 1 aromatic carbocycles. The number of ether oxygens (including phenoxy) is 2. The van der Waals surface area contributed by atoms with Crippen molar-refractivity contribution < 1.29 is 19.1 Å². The van der Waals surface area contributed by atoms with Crippen molar-refractivity contribution in [2.24, 2.45) is 0 Å². The SMILES string of the molecule is COC(=O)C(COC(C)(C)C)NC(=O)Nc1cccc(Br)c1. The first-order valence-electron chi connectivity index (χ1n) is 6.76. The molecule has 1 atom stereocenters. The normalized spacial score (nSPS) is 12.4. The summed E-state index contributed by atoms with van der Waals surface area (Å²) in [5, 5.41) is 5.19. The zero-order chi connectivity index (χ0) is 16.8. The van der Waals surface area contributed by atoms with Crippen LogP contribution in [0.2, 0.25) is 0 Å². The minimum Gasteiger partial charge on any atom is -0.467 e. The van der Waals surface area contributed by atoms with Crippen LogP contribution < -0.4 is 10.6 Å². The van der Waals surface area contributed by atoms with Gasteiger partial charge in [-0.3, -0.25) is 0 Å². The second-order valence-corrected chi connectivity index (χ2v) is 6.52. The van der Waals surface area contributed by atoms with Gasteiger partial charge in [-0.05, 0) is 39.0 Å². The fraction of sp³-hybridized carbons (Fsp3) is 0.467. The predicted octanol–water partition coefficient (Wildman–Crippen LogP) is 2.93. The van der Waals surface area contributed by atoms with Crippen LogP contribution in [0.4, 0.5) is 10.5 Å². The first-order chi connectivity index (χ1) is 10.2. The lowest BCUT2D eigenvalue weighted by molar-refractivity contribution is -0.145. The maximum Gasteiger partial charge on any atom is 0.330 e. The number of amides is 2. The third-order valence-corrected chi connectivity index (χ3v) is 3.05. The summed E-state index contributed by atoms with van der Waals surface area (Å²) in [4.78, 5) is 23.7. The molecule has 7 heteroatoms. The van der Waals surface area contributed by atoms with Crippen LogP contribution in [0, 0.1) is 0 Å². The molecule has 1 rings (SSSR count). The van der Waals surface area contributed by atoms with Crippen LogP contribution >= 0.6 is 15.9 Å². The van der Waals surface area contributed by atoms with E-state index in [1.165, 1.54) is 7.11 Å². The zero-order valence-corrected chi connectivity index (χ0v) is 14.7. The lowest BCUT2D eigenvalue weighted by Gasteiger charge is -2.24. The molecule has 22 heavy (non-hydrogen) atoms. The summed E-state index contributed by atoms with van der Waals surface area (Å²) in [6, 6.07) is 5.74. The Morgan fingerprint density at radius 3 is 2.55 bits per heavy atom. The summed E-state index contributed by atoms with van der Waals surface area (Å²) in [6.07, 6.45) is 0. The van der Waals surface area contributed by atoms with E-state index >= 15 is 0 Å². The van der Waals surface area contributed by atoms with Crippen molar-refractivity contribution in [3.05, 3.63) is 28.7 Å². The van der Waals surface area contributed by atoms with E-state index in [0.717, 1.165) is 4.47 Å². The van der Waals surface area contributed by atoms with E-state index < -0.39 is 23.6 Å². The van der Waals surface area contributed by atoms with Gasteiger partial charge in [0.25, 0.3) is 0 Å². The Labute approximate surface area is 138 Å². The van der Waals surface area contributed by atoms with Crippen molar-refractivity contribution in [2.45, 2.75) is 32.4 Å². The number of hydrogen-bond acceptors (Lipinski definition) is 4. The third kappa shape index (κ3) is 6.91. The maximum absolute atomic E-state index is 12.0. The van der Waals surface area contributed by atoms with Crippen LogP contribution in [-0.4, -0.2) is 37.4 Å². The summed E-state index contributed by atoms with van der Waals surface area (Å²) in [5.74, 6) is -0.561. The molecule has 1 aromatic rings. The summed E-state index contributed by atoms with van der Waals surface area (Å²) in [6.45, 7) is 5.62. The van der Waals surface area contributed by atoms with Gasteiger partial charge in [0.1, 0.15) is 0 Å². The largest absolute Gasteiger partial charge is 0.467 e. The molecule has 0 radical (unpaired) electrons. The fourth-order valence-corrected chi connectivity index (χ4v) is 1.94. The molecule has 0 aliphatic carbocycles. The molecular formula is C15H21BrN2O4. The monoisotopic (exact) mass is 372 g/mol. The minimum atomic E-state index is -0.878. The topological polar surface area (TPSA) is 76.7 Å². The zero-order valence-electron chi connectivity index (χ0n) is 13.1. The number of esters is 1. The Hall–Kier alpha value is -1.60. The van der Waals surface area contributed by atoms with E-state index in [2.05, 4.69) is 31.3 Å². The van der Waals surface area contributed by atoms with Crippen LogP contribution in [0.3, 0.4) is 0 Å². The number of nitrogens with one attached hydrogen (secondary N) is 2. The number of carbonyl (C=O) groups excluding carboxylic acids is 2. The van der Waals surface area contributed by atoms with Crippen molar-refractivity contribution >= 4 is 33.6 Å². The number of anilines is 1. The lowest BCUT2D eigenvalue weighted by atomic mass is 10.2. The third-order valence-electron chi connectivity index (χ3n) is 2.56. The Balaban J connectivity index is 2.64. The molecule has 0 saturated heterocycles. The molecule has 2 amide bonds. The smallest absolute Gasteiger partial charge is 0.330 e. The second-order valence-electron chi connectivity index (χ2n) is 5.61. The standard InChI is InChI=1S/C15H21BrN2O4/c1-15(2,3)22-9-12(13(19)21-4)18-14(20)17-11-7-5-6-10(16)8-11/h5-8,12H,9H2,1-4H3,(H2,17,18,20). The first-order valence-corrected chi connectivity index (χ1v) is 7.55. The number of rotatable bonds is 5. The van der Waals surface area contributed by atoms with Gasteiger partial charge in [-0.2, -0.15) is 0 Å². The summed E-state index contributed by atoms with van der Waals surface area (Å²) < 4.78 is 11.1. The Bertz CT molecular complexity index is 529. The average Bonchev–Trinajstić information content (AvgIpc) is 2.41. The molecule has 0 aliphatic heterocycles. The van der Waals surface area contributed by atoms with E-state index in [-0.39, 0.29) is 6.61 Å². The van der Waals surface area contributed by atoms with Gasteiger partial charge in [0.15, 0.2) is 6.04 Å². The fourth-order valence-electron chi connectivity index (χ4n) is 1.54. The highest BCUT2D eigenvalue weighted by molar-refractivity contribution is 9.10. The van der Waals surface area contributed by atoms with E-state index in [0.29, 0.717) is 5.69 Å². The highest BCUT2D eigenvalue weighted by Crippen LogP contribution is 2.15. The molecule has 0 fully saturated rings. The molecule has 0 saturated carbocycles. The second kappa shape index (κ2) is 8.14. The van der Waals surface area contributed by atoms with Crippen LogP contribution in [-0.2, 0) is 14.3 Å². The van der Waals surface area contributed by atoms with Gasteiger partial charge in [-0.1, -0.05) is 22.0 Å². The van der Waals surface area contributed by atoms with E-state index in [4.69, 9.17) is 4.74 Å². The minimum absolute atomic E-state index is 0.0298. The summed E-state index contributed by atoms with van der Waals surface area (Å²) in [5.41, 5.74) is 0.182. The number of methoxy groups -OCH3 is 1. The molecule has 0 aliphatic rings. The van der Waals surface area contributed by atoms with E-state index in [1.807, 2.05) is 26.8 Å². The van der Waals surface area contributed by atoms with Crippen LogP contribution in [0.1, 0.15) is 20.8 Å². The van der Waals surface area contributed by atoms with Gasteiger partial charge in [0, 0.05) is 10.2 Å². The molecule has 1 unspecified atom stereocenters. The van der Waals surface area contributed by atoms with Gasteiger partial charge >= 0.3 is 12.0 Å². The number of hydrogen-bond donors (Lipinski definition) is 2. The molecule has 122 valence electrons. The van der Waals surface area contributed by atoms with E-state index in [1.54, 1.807) is 18.2 Å². The average molecular weight is 373 g/mol. The van der Waals surface area contributed by atoms with Crippen molar-refractivity contribution in [1.82, 2.24) is 5.32 Å². The Morgan fingerprint density at radius 1 is 1.32 bits per heavy atom. The molecule has 6 nitrogen and oxygen atoms in total. The van der Waals surface area contributed by atoms with Crippen molar-refractivity contribution in [2.75, 3.05) is 19.0 Å². The summed E-state index contributed by atoms with van der Waals surface area (Å²) >= 11 is 3.32. The molecule has 0 bridgehead atoms. The maximum atomic E-state index is 12.0.